The zero-order valence-corrected chi connectivity index (χ0v) is 19.2. The van der Waals surface area contributed by atoms with Gasteiger partial charge >= 0.3 is 0 Å². The predicted octanol–water partition coefficient (Wildman–Crippen LogP) is 3.72. The molecule has 4 nitrogen and oxygen atoms in total. The molecule has 0 aromatic heterocycles. The molecule has 3 rings (SSSR count). The number of aliphatic hydroxyl groups is 1. The maximum absolute atomic E-state index is 10.8. The van der Waals surface area contributed by atoms with Crippen LogP contribution in [0.1, 0.15) is 59.8 Å². The first kappa shape index (κ1) is 21.3. The van der Waals surface area contributed by atoms with Crippen LogP contribution < -0.4 is 0 Å². The minimum atomic E-state index is -1.26. The maximum atomic E-state index is 10.8. The lowest BCUT2D eigenvalue weighted by atomic mass is 9.69. The first-order valence-corrected chi connectivity index (χ1v) is 13.6. The Hall–Kier alpha value is -0.383. The smallest absolute Gasteiger partial charge is 0.173 e. The molecule has 0 bridgehead atoms. The zero-order valence-electron chi connectivity index (χ0n) is 18.0. The Kier molecular flexibility index (Phi) is 6.16. The van der Waals surface area contributed by atoms with Crippen molar-refractivity contribution in [2.45, 2.75) is 90.4 Å². The monoisotopic (exact) mass is 394 g/mol. The summed E-state index contributed by atoms with van der Waals surface area (Å²) in [6.45, 7) is 14.7. The molecule has 2 aliphatic carbocycles. The number of hydrogen-bond donors (Lipinski definition) is 1. The van der Waals surface area contributed by atoms with Crippen molar-refractivity contribution >= 4 is 9.04 Å². The first-order valence-electron chi connectivity index (χ1n) is 10.8. The lowest BCUT2D eigenvalue weighted by molar-refractivity contribution is -0.275. The number of hydrogen-bond acceptors (Lipinski definition) is 4. The average molecular weight is 395 g/mol. The summed E-state index contributed by atoms with van der Waals surface area (Å²) in [5, 5.41) is 10.8. The highest BCUT2D eigenvalue weighted by Gasteiger charge is 2.64. The fourth-order valence-corrected chi connectivity index (χ4v) is 6.42. The highest BCUT2D eigenvalue weighted by molar-refractivity contribution is 6.48. The molecule has 5 unspecified atom stereocenters. The highest BCUT2D eigenvalue weighted by Crippen LogP contribution is 2.59. The van der Waals surface area contributed by atoms with E-state index >= 15 is 0 Å². The molecule has 3 aliphatic rings. The van der Waals surface area contributed by atoms with Crippen molar-refractivity contribution in [3.63, 3.8) is 0 Å². The van der Waals surface area contributed by atoms with Gasteiger partial charge in [-0.05, 0) is 38.3 Å². The molecule has 0 aromatic rings. The van der Waals surface area contributed by atoms with Crippen molar-refractivity contribution in [1.82, 2.24) is 0 Å². The molecule has 1 heterocycles. The van der Waals surface area contributed by atoms with E-state index < -0.39 is 20.4 Å². The Balaban J connectivity index is 1.81. The van der Waals surface area contributed by atoms with E-state index in [1.54, 1.807) is 0 Å². The number of unbranched alkanes of at least 4 members (excludes halogenated alkanes) is 1. The van der Waals surface area contributed by atoms with E-state index in [1.165, 1.54) is 0 Å². The Labute approximate surface area is 167 Å². The maximum Gasteiger partial charge on any atom is 0.173 e. The molecule has 3 fully saturated rings. The number of ether oxygens (including phenoxy) is 2. The summed E-state index contributed by atoms with van der Waals surface area (Å²) in [5.74, 6) is 7.19. The number of aliphatic hydroxyl groups excluding tert-OH is 1. The van der Waals surface area contributed by atoms with Crippen molar-refractivity contribution in [3.8, 4) is 11.8 Å². The molecule has 154 valence electrons. The van der Waals surface area contributed by atoms with Crippen LogP contribution in [0.5, 0.6) is 0 Å². The Morgan fingerprint density at radius 2 is 1.89 bits per heavy atom. The van der Waals surface area contributed by atoms with Crippen LogP contribution in [0, 0.1) is 35.0 Å². The molecular weight excluding hydrogens is 356 g/mol. The van der Waals surface area contributed by atoms with Crippen molar-refractivity contribution in [1.29, 1.82) is 0 Å². The Morgan fingerprint density at radius 3 is 2.44 bits per heavy atom. The third-order valence-electron chi connectivity index (χ3n) is 6.73. The molecule has 1 N–H and O–H groups in total. The van der Waals surface area contributed by atoms with E-state index in [-0.39, 0.29) is 29.3 Å². The van der Waals surface area contributed by atoms with E-state index in [4.69, 9.17) is 13.9 Å². The topological polar surface area (TPSA) is 47.9 Å². The molecule has 1 aliphatic heterocycles. The van der Waals surface area contributed by atoms with Crippen LogP contribution in [0.25, 0.3) is 0 Å². The minimum Gasteiger partial charge on any atom is -0.404 e. The molecular formula is C22H38O4Si. The molecule has 5 heteroatoms. The Morgan fingerprint density at radius 1 is 1.22 bits per heavy atom. The fraction of sp³-hybridized carbons (Fsp3) is 0.909. The largest absolute Gasteiger partial charge is 0.404 e. The van der Waals surface area contributed by atoms with Crippen LogP contribution in [-0.4, -0.2) is 44.9 Å². The summed E-state index contributed by atoms with van der Waals surface area (Å²) < 4.78 is 18.4. The molecule has 0 radical (unpaired) electrons. The van der Waals surface area contributed by atoms with E-state index in [9.17, 15) is 5.11 Å². The van der Waals surface area contributed by atoms with E-state index in [0.717, 1.165) is 32.1 Å². The van der Waals surface area contributed by atoms with Crippen molar-refractivity contribution in [2.75, 3.05) is 13.2 Å². The minimum absolute atomic E-state index is 0.00652. The molecule has 0 amide bonds. The molecule has 2 saturated carbocycles. The lowest BCUT2D eigenvalue weighted by Gasteiger charge is -2.48. The van der Waals surface area contributed by atoms with Crippen LogP contribution in [0.4, 0.5) is 0 Å². The van der Waals surface area contributed by atoms with Gasteiger partial charge in [0.2, 0.25) is 0 Å². The van der Waals surface area contributed by atoms with Crippen LogP contribution in [0.2, 0.25) is 13.1 Å². The van der Waals surface area contributed by atoms with Crippen molar-refractivity contribution < 1.29 is 19.0 Å². The van der Waals surface area contributed by atoms with Crippen LogP contribution in [0.15, 0.2) is 0 Å². The molecule has 0 aromatic carbocycles. The standard InChI is InChI=1S/C22H38O4Si/c1-7-8-10-21(20(2,3)4,26-27(5)6)11-9-16-14-18-17(19(16)23)15-22(18)24-12-13-25-22/h16-19,23,27H,7-8,10,12-15H2,1-6H3. The van der Waals surface area contributed by atoms with Gasteiger partial charge in [0.1, 0.15) is 5.60 Å². The molecule has 27 heavy (non-hydrogen) atoms. The van der Waals surface area contributed by atoms with Gasteiger partial charge in [-0.1, -0.05) is 46.0 Å². The highest BCUT2D eigenvalue weighted by atomic mass is 28.3. The van der Waals surface area contributed by atoms with Gasteiger partial charge in [0.25, 0.3) is 0 Å². The van der Waals surface area contributed by atoms with E-state index in [0.29, 0.717) is 13.2 Å². The summed E-state index contributed by atoms with van der Waals surface area (Å²) in [6, 6.07) is 0. The third-order valence-corrected chi connectivity index (χ3v) is 7.60. The van der Waals surface area contributed by atoms with E-state index in [2.05, 4.69) is 52.6 Å². The summed E-state index contributed by atoms with van der Waals surface area (Å²) in [6.07, 6.45) is 4.50. The summed E-state index contributed by atoms with van der Waals surface area (Å²) in [7, 11) is -1.26. The SMILES string of the molecule is CCCCC(C#CC1CC2C(CC23OCCO3)C1O)(O[SiH](C)C)C(C)(C)C. The Bertz CT molecular complexity index is 581. The third kappa shape index (κ3) is 3.89. The summed E-state index contributed by atoms with van der Waals surface area (Å²) in [5.41, 5.74) is -0.489. The van der Waals surface area contributed by atoms with Gasteiger partial charge in [0.05, 0.1) is 19.3 Å². The molecule has 5 atom stereocenters. The average Bonchev–Trinajstić information content (AvgIpc) is 3.15. The van der Waals surface area contributed by atoms with Crippen molar-refractivity contribution in [2.24, 2.45) is 23.2 Å². The lowest BCUT2D eigenvalue weighted by Crippen LogP contribution is -2.54. The number of rotatable bonds is 5. The second kappa shape index (κ2) is 7.80. The fourth-order valence-electron chi connectivity index (χ4n) is 5.09. The van der Waals surface area contributed by atoms with Gasteiger partial charge in [0, 0.05) is 23.7 Å². The first-order chi connectivity index (χ1) is 12.6. The second-order valence-corrected chi connectivity index (χ2v) is 12.3. The number of fused-ring (bicyclic) bond motifs is 2. The van der Waals surface area contributed by atoms with Gasteiger partial charge in [-0.15, -0.1) is 0 Å². The second-order valence-electron chi connectivity index (χ2n) is 9.93. The summed E-state index contributed by atoms with van der Waals surface area (Å²) >= 11 is 0. The predicted molar refractivity (Wildman–Crippen MR) is 110 cm³/mol. The van der Waals surface area contributed by atoms with Gasteiger partial charge in [0.15, 0.2) is 14.8 Å². The van der Waals surface area contributed by atoms with Gasteiger partial charge < -0.3 is 19.0 Å². The molecule has 1 saturated heterocycles. The van der Waals surface area contributed by atoms with Gasteiger partial charge in [-0.25, -0.2) is 0 Å². The van der Waals surface area contributed by atoms with Gasteiger partial charge in [-0.3, -0.25) is 0 Å². The van der Waals surface area contributed by atoms with Crippen LogP contribution >= 0.6 is 0 Å². The van der Waals surface area contributed by atoms with Crippen LogP contribution in [-0.2, 0) is 13.9 Å². The quantitative estimate of drug-likeness (QED) is 0.570. The van der Waals surface area contributed by atoms with Crippen LogP contribution in [0.3, 0.4) is 0 Å². The molecule has 1 spiro atoms. The zero-order chi connectivity index (χ0) is 19.9. The van der Waals surface area contributed by atoms with Gasteiger partial charge in [-0.2, -0.15) is 0 Å². The normalized spacial score (nSPS) is 34.1. The van der Waals surface area contributed by atoms with Crippen molar-refractivity contribution in [3.05, 3.63) is 0 Å². The summed E-state index contributed by atoms with van der Waals surface area (Å²) in [4.78, 5) is 0. The van der Waals surface area contributed by atoms with E-state index in [1.807, 2.05) is 0 Å².